The van der Waals surface area contributed by atoms with Crippen LogP contribution in [-0.4, -0.2) is 71.4 Å². The van der Waals surface area contributed by atoms with Gasteiger partial charge < -0.3 is 19.9 Å². The molecular weight excluding hydrogens is 492 g/mol. The van der Waals surface area contributed by atoms with Crippen molar-refractivity contribution in [2.75, 3.05) is 55.5 Å². The number of nitrogens with one attached hydrogen (secondary N) is 2. The minimum Gasteiger partial charge on any atom is -0.378 e. The van der Waals surface area contributed by atoms with Crippen molar-refractivity contribution in [3.63, 3.8) is 0 Å². The Morgan fingerprint density at radius 1 is 1.16 bits per heavy atom. The molecule has 4 aromatic heterocycles. The first-order chi connectivity index (χ1) is 18.0. The number of rotatable bonds is 7. The SMILES string of the molecule is CNc1ccc(-c2nc(N3CCOCC3)c3sc(C(C)N(C)c4ccc(C(=O)NO)cn4)cc3n2)cn1. The minimum absolute atomic E-state index is 0.0122. The van der Waals surface area contributed by atoms with Gasteiger partial charge in [-0.2, -0.15) is 0 Å². The molecule has 1 fully saturated rings. The third-order valence-corrected chi connectivity index (χ3v) is 7.72. The third-order valence-electron chi connectivity index (χ3n) is 6.43. The normalized spacial score (nSPS) is 14.4. The number of morpholine rings is 1. The molecule has 0 spiro atoms. The molecule has 0 aliphatic carbocycles. The maximum absolute atomic E-state index is 11.6. The second-order valence-electron chi connectivity index (χ2n) is 8.65. The van der Waals surface area contributed by atoms with Crippen LogP contribution in [0.4, 0.5) is 17.5 Å². The van der Waals surface area contributed by atoms with Crippen LogP contribution in [0.5, 0.6) is 0 Å². The molecule has 1 aliphatic heterocycles. The van der Waals surface area contributed by atoms with Crippen LogP contribution in [0.2, 0.25) is 0 Å². The van der Waals surface area contributed by atoms with Crippen LogP contribution in [-0.2, 0) is 4.74 Å². The van der Waals surface area contributed by atoms with Crippen LogP contribution in [0.3, 0.4) is 0 Å². The summed E-state index contributed by atoms with van der Waals surface area (Å²) < 4.78 is 6.61. The molecule has 1 amide bonds. The lowest BCUT2D eigenvalue weighted by Gasteiger charge is -2.28. The number of nitrogens with zero attached hydrogens (tertiary/aromatic N) is 6. The van der Waals surface area contributed by atoms with Crippen molar-refractivity contribution in [3.8, 4) is 11.4 Å². The van der Waals surface area contributed by atoms with E-state index in [1.54, 1.807) is 35.1 Å². The quantitative estimate of drug-likeness (QED) is 0.246. The number of amides is 1. The predicted molar refractivity (Wildman–Crippen MR) is 144 cm³/mol. The van der Waals surface area contributed by atoms with Gasteiger partial charge in [0.25, 0.3) is 5.91 Å². The Balaban J connectivity index is 1.51. The van der Waals surface area contributed by atoms with E-state index in [-0.39, 0.29) is 11.6 Å². The summed E-state index contributed by atoms with van der Waals surface area (Å²) in [5.74, 6) is 2.43. The topological polar surface area (TPSA) is 129 Å². The highest BCUT2D eigenvalue weighted by Gasteiger charge is 2.23. The van der Waals surface area contributed by atoms with Crippen molar-refractivity contribution in [1.82, 2.24) is 25.4 Å². The van der Waals surface area contributed by atoms with Crippen molar-refractivity contribution in [2.24, 2.45) is 0 Å². The smallest absolute Gasteiger partial charge is 0.276 e. The molecule has 1 saturated heterocycles. The van der Waals surface area contributed by atoms with Crippen molar-refractivity contribution >= 4 is 44.9 Å². The number of fused-ring (bicyclic) bond motifs is 1. The maximum Gasteiger partial charge on any atom is 0.276 e. The molecule has 0 aromatic carbocycles. The largest absolute Gasteiger partial charge is 0.378 e. The highest BCUT2D eigenvalue weighted by Crippen LogP contribution is 2.38. The molecule has 4 aromatic rings. The van der Waals surface area contributed by atoms with E-state index in [0.717, 1.165) is 45.4 Å². The van der Waals surface area contributed by atoms with Crippen LogP contribution in [0, 0.1) is 0 Å². The molecular formula is C25H28N8O3S. The Labute approximate surface area is 218 Å². The first-order valence-corrected chi connectivity index (χ1v) is 12.7. The van der Waals surface area contributed by atoms with Gasteiger partial charge in [0.15, 0.2) is 11.6 Å². The zero-order valence-electron chi connectivity index (χ0n) is 20.8. The summed E-state index contributed by atoms with van der Waals surface area (Å²) in [5.41, 5.74) is 3.64. The minimum atomic E-state index is -0.597. The Kier molecular flexibility index (Phi) is 7.12. The molecule has 1 aliphatic rings. The van der Waals surface area contributed by atoms with E-state index in [2.05, 4.69) is 33.2 Å². The maximum atomic E-state index is 11.6. The molecule has 12 heteroatoms. The second-order valence-corrected chi connectivity index (χ2v) is 9.73. The number of ether oxygens (including phenoxy) is 1. The number of aromatic nitrogens is 4. The van der Waals surface area contributed by atoms with Crippen LogP contribution in [0.25, 0.3) is 21.6 Å². The Hall–Kier alpha value is -3.87. The second kappa shape index (κ2) is 10.6. The fourth-order valence-corrected chi connectivity index (χ4v) is 5.32. The van der Waals surface area contributed by atoms with Crippen LogP contribution in [0.1, 0.15) is 28.2 Å². The van der Waals surface area contributed by atoms with E-state index in [0.29, 0.717) is 24.9 Å². The molecule has 192 valence electrons. The predicted octanol–water partition coefficient (Wildman–Crippen LogP) is 3.34. The molecule has 0 radical (unpaired) electrons. The van der Waals surface area contributed by atoms with E-state index in [4.69, 9.17) is 19.9 Å². The van der Waals surface area contributed by atoms with Gasteiger partial charge in [0.05, 0.1) is 35.0 Å². The molecule has 1 unspecified atom stereocenters. The van der Waals surface area contributed by atoms with E-state index in [1.165, 1.54) is 6.20 Å². The lowest BCUT2D eigenvalue weighted by molar-refractivity contribution is 0.0706. The summed E-state index contributed by atoms with van der Waals surface area (Å²) in [6.07, 6.45) is 3.23. The van der Waals surface area contributed by atoms with E-state index in [1.807, 2.05) is 31.1 Å². The van der Waals surface area contributed by atoms with Gasteiger partial charge in [0.2, 0.25) is 0 Å². The fraction of sp³-hybridized carbons (Fsp3) is 0.320. The summed E-state index contributed by atoms with van der Waals surface area (Å²) >= 11 is 1.67. The average Bonchev–Trinajstić information content (AvgIpc) is 3.40. The van der Waals surface area contributed by atoms with Gasteiger partial charge in [-0.15, -0.1) is 11.3 Å². The van der Waals surface area contributed by atoms with Crippen molar-refractivity contribution in [3.05, 3.63) is 53.2 Å². The number of pyridine rings is 2. The fourth-order valence-electron chi connectivity index (χ4n) is 4.11. The number of hydroxylamine groups is 1. The third kappa shape index (κ3) is 5.03. The van der Waals surface area contributed by atoms with Crippen LogP contribution in [0.15, 0.2) is 42.7 Å². The number of thiophene rings is 1. The zero-order valence-corrected chi connectivity index (χ0v) is 21.6. The van der Waals surface area contributed by atoms with Gasteiger partial charge >= 0.3 is 0 Å². The summed E-state index contributed by atoms with van der Waals surface area (Å²) in [6, 6.07) is 9.37. The van der Waals surface area contributed by atoms with Crippen molar-refractivity contribution < 1.29 is 14.7 Å². The lowest BCUT2D eigenvalue weighted by atomic mass is 10.2. The first-order valence-electron chi connectivity index (χ1n) is 11.9. The Morgan fingerprint density at radius 3 is 2.62 bits per heavy atom. The molecule has 37 heavy (non-hydrogen) atoms. The van der Waals surface area contributed by atoms with Crippen LogP contribution < -0.4 is 20.6 Å². The molecule has 0 bridgehead atoms. The van der Waals surface area contributed by atoms with Crippen molar-refractivity contribution in [2.45, 2.75) is 13.0 Å². The van der Waals surface area contributed by atoms with E-state index < -0.39 is 5.91 Å². The molecule has 11 nitrogen and oxygen atoms in total. The lowest BCUT2D eigenvalue weighted by Crippen LogP contribution is -2.36. The highest BCUT2D eigenvalue weighted by molar-refractivity contribution is 7.19. The molecule has 5 rings (SSSR count). The standard InChI is InChI=1S/C25H28N8O3S/c1-15(32(3)21-7-5-17(14-28-21)25(34)31-35)19-12-18-22(37-19)24(33-8-10-36-11-9-33)30-23(29-18)16-4-6-20(26-2)27-13-16/h4-7,12-15,35H,8-11H2,1-3H3,(H,26,27)(H,31,34). The monoisotopic (exact) mass is 520 g/mol. The van der Waals surface area contributed by atoms with Crippen LogP contribution >= 0.6 is 11.3 Å². The van der Waals surface area contributed by atoms with E-state index in [9.17, 15) is 4.79 Å². The molecule has 1 atom stereocenters. The van der Waals surface area contributed by atoms with Gasteiger partial charge in [0.1, 0.15) is 11.6 Å². The Bertz CT molecular complexity index is 1390. The number of hydrogen-bond acceptors (Lipinski definition) is 11. The number of hydrogen-bond donors (Lipinski definition) is 3. The molecule has 5 heterocycles. The van der Waals surface area contributed by atoms with Crippen molar-refractivity contribution in [1.29, 1.82) is 0 Å². The number of carbonyl (C=O) groups excluding carboxylic acids is 1. The average molecular weight is 521 g/mol. The van der Waals surface area contributed by atoms with Gasteiger partial charge in [-0.25, -0.2) is 25.4 Å². The van der Waals surface area contributed by atoms with E-state index >= 15 is 0 Å². The van der Waals surface area contributed by atoms with Gasteiger partial charge in [-0.3, -0.25) is 10.0 Å². The number of carbonyl (C=O) groups is 1. The zero-order chi connectivity index (χ0) is 25.9. The Morgan fingerprint density at radius 2 is 1.97 bits per heavy atom. The highest BCUT2D eigenvalue weighted by atomic mass is 32.1. The van der Waals surface area contributed by atoms with Gasteiger partial charge in [-0.05, 0) is 37.3 Å². The number of anilines is 3. The van der Waals surface area contributed by atoms with Gasteiger partial charge in [0, 0.05) is 50.0 Å². The molecule has 3 N–H and O–H groups in total. The molecule has 0 saturated carbocycles. The summed E-state index contributed by atoms with van der Waals surface area (Å²) in [5, 5.41) is 11.9. The first kappa shape index (κ1) is 24.8. The summed E-state index contributed by atoms with van der Waals surface area (Å²) in [7, 11) is 3.79. The summed E-state index contributed by atoms with van der Waals surface area (Å²) in [4.78, 5) is 35.8. The summed E-state index contributed by atoms with van der Waals surface area (Å²) in [6.45, 7) is 4.95. The van der Waals surface area contributed by atoms with Gasteiger partial charge in [-0.1, -0.05) is 0 Å².